The largest absolute Gasteiger partial charge is 0.249 e. The van der Waals surface area contributed by atoms with E-state index < -0.39 is 0 Å². The van der Waals surface area contributed by atoms with Crippen molar-refractivity contribution >= 4 is 15.9 Å². The third-order valence-corrected chi connectivity index (χ3v) is 2.28. The molecule has 1 aromatic heterocycles. The Morgan fingerprint density at radius 2 is 2.17 bits per heavy atom. The molecule has 2 heteroatoms. The third-order valence-electron chi connectivity index (χ3n) is 1.81. The Kier molecular flexibility index (Phi) is 2.54. The average molecular weight is 224 g/mol. The molecule has 0 saturated carbocycles. The minimum absolute atomic E-state index is 0.228. The fourth-order valence-corrected chi connectivity index (χ4v) is 1.06. The van der Waals surface area contributed by atoms with Crippen molar-refractivity contribution in [2.45, 2.75) is 19.3 Å². The molecule has 0 aliphatic carbocycles. The second-order valence-electron chi connectivity index (χ2n) is 3.14. The summed E-state index contributed by atoms with van der Waals surface area (Å²) in [5.74, 6) is 2.72. The van der Waals surface area contributed by atoms with Crippen LogP contribution in [-0.2, 0) is 5.41 Å². The molecule has 0 amide bonds. The fraction of sp³-hybridized carbons (Fsp3) is 0.300. The highest BCUT2D eigenvalue weighted by molar-refractivity contribution is 9.10. The van der Waals surface area contributed by atoms with Gasteiger partial charge in [0.2, 0.25) is 0 Å². The minimum atomic E-state index is -0.228. The molecule has 0 unspecified atom stereocenters. The Balaban J connectivity index is 3.07. The summed E-state index contributed by atoms with van der Waals surface area (Å²) < 4.78 is 0.832. The van der Waals surface area contributed by atoms with Crippen LogP contribution in [0.1, 0.15) is 19.4 Å². The van der Waals surface area contributed by atoms with Crippen LogP contribution in [0.15, 0.2) is 22.9 Å². The molecule has 0 aliphatic rings. The van der Waals surface area contributed by atoms with Crippen LogP contribution in [0.2, 0.25) is 0 Å². The van der Waals surface area contributed by atoms with Crippen LogP contribution < -0.4 is 0 Å². The van der Waals surface area contributed by atoms with Gasteiger partial charge in [-0.05, 0) is 41.4 Å². The maximum atomic E-state index is 5.39. The van der Waals surface area contributed by atoms with Gasteiger partial charge in [0.05, 0.1) is 5.41 Å². The van der Waals surface area contributed by atoms with E-state index in [-0.39, 0.29) is 5.41 Å². The molecule has 0 N–H and O–H groups in total. The Labute approximate surface area is 81.3 Å². The third kappa shape index (κ3) is 1.86. The molecule has 0 atom stereocenters. The molecule has 1 aromatic rings. The summed E-state index contributed by atoms with van der Waals surface area (Å²) in [6.07, 6.45) is 7.18. The Hall–Kier alpha value is -0.810. The molecule has 0 saturated heterocycles. The van der Waals surface area contributed by atoms with E-state index >= 15 is 0 Å². The van der Waals surface area contributed by atoms with E-state index in [9.17, 15) is 0 Å². The summed E-state index contributed by atoms with van der Waals surface area (Å²) in [6, 6.07) is 3.88. The summed E-state index contributed by atoms with van der Waals surface area (Å²) in [4.78, 5) is 4.11. The smallest absolute Gasteiger partial charge is 0.106 e. The lowest BCUT2D eigenvalue weighted by Gasteiger charge is -2.16. The summed E-state index contributed by atoms with van der Waals surface area (Å²) in [5.41, 5.74) is 0.835. The first-order valence-electron chi connectivity index (χ1n) is 3.66. The van der Waals surface area contributed by atoms with Gasteiger partial charge >= 0.3 is 0 Å². The number of rotatable bonds is 1. The Bertz CT molecular complexity index is 306. The standard InChI is InChI=1S/C10H10BrN/c1-4-10(2,3)8-5-6-9(11)12-7-8/h1,5-7H,2-3H3. The lowest BCUT2D eigenvalue weighted by molar-refractivity contribution is 0.694. The van der Waals surface area contributed by atoms with Gasteiger partial charge in [-0.25, -0.2) is 4.98 Å². The predicted molar refractivity (Wildman–Crippen MR) is 53.8 cm³/mol. The van der Waals surface area contributed by atoms with Crippen LogP contribution in [0.5, 0.6) is 0 Å². The van der Waals surface area contributed by atoms with Crippen molar-refractivity contribution in [2.24, 2.45) is 0 Å². The number of hydrogen-bond donors (Lipinski definition) is 0. The van der Waals surface area contributed by atoms with E-state index in [1.807, 2.05) is 26.0 Å². The zero-order chi connectivity index (χ0) is 9.19. The number of halogens is 1. The zero-order valence-electron chi connectivity index (χ0n) is 7.13. The molecule has 1 heterocycles. The first-order valence-corrected chi connectivity index (χ1v) is 4.45. The highest BCUT2D eigenvalue weighted by Gasteiger charge is 2.16. The van der Waals surface area contributed by atoms with E-state index in [1.165, 1.54) is 0 Å². The summed E-state index contributed by atoms with van der Waals surface area (Å²) in [7, 11) is 0. The first kappa shape index (κ1) is 9.28. The minimum Gasteiger partial charge on any atom is -0.249 e. The van der Waals surface area contributed by atoms with Crippen LogP contribution in [0.4, 0.5) is 0 Å². The predicted octanol–water partition coefficient (Wildman–Crippen LogP) is 2.75. The Morgan fingerprint density at radius 1 is 1.50 bits per heavy atom. The van der Waals surface area contributed by atoms with Crippen LogP contribution in [0, 0.1) is 12.3 Å². The zero-order valence-corrected chi connectivity index (χ0v) is 8.72. The van der Waals surface area contributed by atoms with Crippen molar-refractivity contribution < 1.29 is 0 Å². The number of aromatic nitrogens is 1. The molecular formula is C10H10BrN. The van der Waals surface area contributed by atoms with Crippen molar-refractivity contribution in [1.29, 1.82) is 0 Å². The number of terminal acetylenes is 1. The molecule has 0 aromatic carbocycles. The molecule has 0 spiro atoms. The molecule has 1 rings (SSSR count). The quantitative estimate of drug-likeness (QED) is 0.528. The molecule has 0 fully saturated rings. The maximum absolute atomic E-state index is 5.39. The fourth-order valence-electron chi connectivity index (χ4n) is 0.829. The van der Waals surface area contributed by atoms with Gasteiger partial charge in [0.15, 0.2) is 0 Å². The Morgan fingerprint density at radius 3 is 2.58 bits per heavy atom. The van der Waals surface area contributed by atoms with E-state index in [0.29, 0.717) is 0 Å². The van der Waals surface area contributed by atoms with Crippen LogP contribution in [-0.4, -0.2) is 4.98 Å². The highest BCUT2D eigenvalue weighted by atomic mass is 79.9. The van der Waals surface area contributed by atoms with E-state index in [4.69, 9.17) is 6.42 Å². The van der Waals surface area contributed by atoms with Crippen LogP contribution >= 0.6 is 15.9 Å². The van der Waals surface area contributed by atoms with Gasteiger partial charge in [0, 0.05) is 6.20 Å². The van der Waals surface area contributed by atoms with Crippen molar-refractivity contribution in [3.63, 3.8) is 0 Å². The SMILES string of the molecule is C#CC(C)(C)c1ccc(Br)nc1. The van der Waals surface area contributed by atoms with Gasteiger partial charge in [0.1, 0.15) is 4.60 Å². The average Bonchev–Trinajstić information content (AvgIpc) is 2.05. The van der Waals surface area contributed by atoms with Crippen LogP contribution in [0.25, 0.3) is 0 Å². The molecule has 0 aliphatic heterocycles. The van der Waals surface area contributed by atoms with Crippen molar-refractivity contribution in [2.75, 3.05) is 0 Å². The van der Waals surface area contributed by atoms with Crippen LogP contribution in [0.3, 0.4) is 0 Å². The normalized spacial score (nSPS) is 10.8. The topological polar surface area (TPSA) is 12.9 Å². The monoisotopic (exact) mass is 223 g/mol. The van der Waals surface area contributed by atoms with E-state index in [1.54, 1.807) is 6.20 Å². The molecule has 62 valence electrons. The van der Waals surface area contributed by atoms with Gasteiger partial charge in [-0.3, -0.25) is 0 Å². The number of pyridine rings is 1. The maximum Gasteiger partial charge on any atom is 0.106 e. The van der Waals surface area contributed by atoms with Gasteiger partial charge in [-0.1, -0.05) is 12.0 Å². The second-order valence-corrected chi connectivity index (χ2v) is 3.95. The van der Waals surface area contributed by atoms with Crippen molar-refractivity contribution in [1.82, 2.24) is 4.98 Å². The second kappa shape index (κ2) is 3.28. The lowest BCUT2D eigenvalue weighted by Crippen LogP contribution is -2.13. The van der Waals surface area contributed by atoms with Gasteiger partial charge < -0.3 is 0 Å². The van der Waals surface area contributed by atoms with E-state index in [0.717, 1.165) is 10.2 Å². The first-order chi connectivity index (χ1) is 5.56. The van der Waals surface area contributed by atoms with E-state index in [2.05, 4.69) is 26.8 Å². The number of nitrogens with zero attached hydrogens (tertiary/aromatic N) is 1. The van der Waals surface area contributed by atoms with Gasteiger partial charge in [-0.15, -0.1) is 6.42 Å². The van der Waals surface area contributed by atoms with Crippen molar-refractivity contribution in [3.05, 3.63) is 28.5 Å². The lowest BCUT2D eigenvalue weighted by atomic mass is 9.87. The summed E-state index contributed by atoms with van der Waals surface area (Å²) in [6.45, 7) is 4.00. The molecule has 0 bridgehead atoms. The molecule has 12 heavy (non-hydrogen) atoms. The molecule has 0 radical (unpaired) electrons. The molecular weight excluding hydrogens is 214 g/mol. The van der Waals surface area contributed by atoms with Gasteiger partial charge in [-0.2, -0.15) is 0 Å². The summed E-state index contributed by atoms with van der Waals surface area (Å²) in [5, 5.41) is 0. The van der Waals surface area contributed by atoms with Crippen molar-refractivity contribution in [3.8, 4) is 12.3 Å². The highest BCUT2D eigenvalue weighted by Crippen LogP contribution is 2.21. The molecule has 1 nitrogen and oxygen atoms in total. The number of hydrogen-bond acceptors (Lipinski definition) is 1. The van der Waals surface area contributed by atoms with Gasteiger partial charge in [0.25, 0.3) is 0 Å². The summed E-state index contributed by atoms with van der Waals surface area (Å²) >= 11 is 3.27.